The van der Waals surface area contributed by atoms with Crippen LogP contribution in [0, 0.1) is 5.41 Å². The fourth-order valence-electron chi connectivity index (χ4n) is 6.04. The van der Waals surface area contributed by atoms with Crippen LogP contribution in [0.25, 0.3) is 22.1 Å². The number of benzene rings is 2. The number of rotatable bonds is 6. The van der Waals surface area contributed by atoms with E-state index in [4.69, 9.17) is 24.0 Å². The predicted molar refractivity (Wildman–Crippen MR) is 165 cm³/mol. The minimum absolute atomic E-state index is 0.0636. The van der Waals surface area contributed by atoms with Crippen LogP contribution in [0.1, 0.15) is 65.5 Å². The Balaban J connectivity index is 1.71. The average Bonchev–Trinajstić information content (AvgIpc) is 3.64. The Morgan fingerprint density at radius 1 is 0.909 bits per heavy atom. The second kappa shape index (κ2) is 11.3. The van der Waals surface area contributed by atoms with Crippen LogP contribution >= 0.6 is 0 Å². The second-order valence-corrected chi connectivity index (χ2v) is 13.4. The molecule has 4 aromatic rings. The molecule has 0 aliphatic carbocycles. The number of ether oxygens (including phenoxy) is 2. The van der Waals surface area contributed by atoms with Gasteiger partial charge >= 0.3 is 12.1 Å². The zero-order valence-electron chi connectivity index (χ0n) is 26.1. The van der Waals surface area contributed by atoms with Crippen molar-refractivity contribution in [2.24, 2.45) is 11.1 Å². The van der Waals surface area contributed by atoms with Gasteiger partial charge in [0.05, 0.1) is 18.8 Å². The molecule has 232 valence electrons. The van der Waals surface area contributed by atoms with Gasteiger partial charge in [0.2, 0.25) is 0 Å². The molecule has 44 heavy (non-hydrogen) atoms. The van der Waals surface area contributed by atoms with Gasteiger partial charge in [0.25, 0.3) is 0 Å². The number of nitrogens with two attached hydrogens (primary N) is 1. The smallest absolute Gasteiger partial charge is 0.412 e. The van der Waals surface area contributed by atoms with Crippen LogP contribution in [0.3, 0.4) is 0 Å². The molecule has 1 saturated heterocycles. The van der Waals surface area contributed by atoms with E-state index in [1.54, 1.807) is 90.7 Å². The molecule has 9 nitrogen and oxygen atoms in total. The highest BCUT2D eigenvalue weighted by Gasteiger charge is 2.67. The predicted octanol–water partition coefficient (Wildman–Crippen LogP) is 6.98. The van der Waals surface area contributed by atoms with Gasteiger partial charge < -0.3 is 24.0 Å². The molecule has 1 aliphatic heterocycles. The molecule has 0 spiro atoms. The summed E-state index contributed by atoms with van der Waals surface area (Å²) in [6.07, 6.45) is 4.21. The summed E-state index contributed by atoms with van der Waals surface area (Å²) in [7, 11) is 0. The summed E-state index contributed by atoms with van der Waals surface area (Å²) in [6, 6.07) is 16.2. The first-order valence-corrected chi connectivity index (χ1v) is 14.8. The lowest BCUT2D eigenvalue weighted by molar-refractivity contribution is -0.188. The molecule has 1 amide bonds. The van der Waals surface area contributed by atoms with E-state index in [1.807, 2.05) is 24.3 Å². The van der Waals surface area contributed by atoms with E-state index in [-0.39, 0.29) is 19.4 Å². The van der Waals surface area contributed by atoms with Crippen molar-refractivity contribution in [1.82, 2.24) is 4.90 Å². The van der Waals surface area contributed by atoms with Crippen LogP contribution < -0.4 is 5.73 Å². The summed E-state index contributed by atoms with van der Waals surface area (Å²) < 4.78 is 22.9. The van der Waals surface area contributed by atoms with Gasteiger partial charge in [0, 0.05) is 29.5 Å². The fraction of sp³-hybridized carbons (Fsp3) is 0.400. The van der Waals surface area contributed by atoms with E-state index in [2.05, 4.69) is 0 Å². The highest BCUT2D eigenvalue weighted by Crippen LogP contribution is 2.51. The molecule has 1 aliphatic rings. The normalized spacial score (nSPS) is 20.8. The molecule has 3 heterocycles. The van der Waals surface area contributed by atoms with Crippen molar-refractivity contribution in [3.63, 3.8) is 0 Å². The summed E-state index contributed by atoms with van der Waals surface area (Å²) in [5.74, 6) is -1.29. The number of piperidine rings is 1. The Hall–Kier alpha value is -4.37. The van der Waals surface area contributed by atoms with Gasteiger partial charge in [0.15, 0.2) is 11.2 Å². The van der Waals surface area contributed by atoms with Gasteiger partial charge in [-0.3, -0.25) is 14.5 Å². The van der Waals surface area contributed by atoms with Crippen LogP contribution in [-0.2, 0) is 31.1 Å². The largest absolute Gasteiger partial charge is 0.472 e. The topological polar surface area (TPSA) is 125 Å². The molecule has 0 radical (unpaired) electrons. The molecule has 2 aromatic carbocycles. The van der Waals surface area contributed by atoms with Crippen molar-refractivity contribution >= 4 is 28.8 Å². The third-order valence-corrected chi connectivity index (χ3v) is 7.89. The maximum absolute atomic E-state index is 15.0. The lowest BCUT2D eigenvalue weighted by Gasteiger charge is -2.54. The van der Waals surface area contributed by atoms with E-state index in [0.717, 1.165) is 16.5 Å². The lowest BCUT2D eigenvalue weighted by atomic mass is 9.62. The van der Waals surface area contributed by atoms with Crippen molar-refractivity contribution in [1.29, 1.82) is 0 Å². The summed E-state index contributed by atoms with van der Waals surface area (Å²) in [5, 5.41) is 0.791. The zero-order valence-corrected chi connectivity index (χ0v) is 26.1. The standard InChI is InChI=1S/C35H40N2O7/c1-32(2,3)43-30(39)34(28(38)21-26-20-25(24-13-17-41-22-24)19-23-14-18-42-29(23)26)15-10-16-37(31(40)44-33(4,5)6)35(34,36)27-11-8-7-9-12-27/h7-9,11-14,17-20,22H,10,15-16,21,36H2,1-6H3. The first kappa shape index (κ1) is 31.1. The summed E-state index contributed by atoms with van der Waals surface area (Å²) >= 11 is 0. The number of likely N-dealkylation sites (tertiary alicyclic amines) is 1. The van der Waals surface area contributed by atoms with Crippen molar-refractivity contribution in [2.45, 2.75) is 77.7 Å². The van der Waals surface area contributed by atoms with Gasteiger partial charge in [-0.1, -0.05) is 30.3 Å². The van der Waals surface area contributed by atoms with E-state index in [1.165, 1.54) is 4.90 Å². The number of ketones is 1. The first-order valence-electron chi connectivity index (χ1n) is 14.8. The first-order chi connectivity index (χ1) is 20.7. The van der Waals surface area contributed by atoms with Gasteiger partial charge in [-0.05, 0) is 89.8 Å². The van der Waals surface area contributed by atoms with Gasteiger partial charge in [-0.25, -0.2) is 4.79 Å². The van der Waals surface area contributed by atoms with Crippen LogP contribution in [0.15, 0.2) is 82.2 Å². The van der Waals surface area contributed by atoms with Crippen molar-refractivity contribution in [3.8, 4) is 11.1 Å². The molecule has 1 fully saturated rings. The molecule has 9 heteroatoms. The van der Waals surface area contributed by atoms with E-state index in [9.17, 15) is 9.59 Å². The number of hydrogen-bond acceptors (Lipinski definition) is 8. The summed E-state index contributed by atoms with van der Waals surface area (Å²) in [5.41, 5.74) is 4.82. The van der Waals surface area contributed by atoms with Gasteiger partial charge in [-0.2, -0.15) is 0 Å². The molecule has 2 unspecified atom stereocenters. The molecular weight excluding hydrogens is 560 g/mol. The number of furan rings is 2. The van der Waals surface area contributed by atoms with E-state index >= 15 is 4.79 Å². The number of hydrogen-bond donors (Lipinski definition) is 1. The number of carbonyl (C=O) groups is 3. The molecule has 2 atom stereocenters. The van der Waals surface area contributed by atoms with E-state index in [0.29, 0.717) is 23.1 Å². The minimum atomic E-state index is -1.98. The molecule has 2 N–H and O–H groups in total. The molecule has 0 bridgehead atoms. The van der Waals surface area contributed by atoms with Gasteiger partial charge in [-0.15, -0.1) is 0 Å². The highest BCUT2D eigenvalue weighted by molar-refractivity contribution is 6.08. The highest BCUT2D eigenvalue weighted by atomic mass is 16.6. The Labute approximate surface area is 257 Å². The van der Waals surface area contributed by atoms with E-state index < -0.39 is 40.1 Å². The molecular formula is C35H40N2O7. The number of Topliss-reactive ketones (excluding diaryl/α,β-unsaturated/α-hetero) is 1. The Kier molecular flexibility index (Phi) is 7.97. The SMILES string of the molecule is CC(C)(C)OC(=O)N1CCCC(C(=O)Cc2cc(-c3ccoc3)cc3ccoc23)(C(=O)OC(C)(C)C)C1(N)c1ccccc1. The van der Waals surface area contributed by atoms with Crippen molar-refractivity contribution in [3.05, 3.63) is 84.5 Å². The molecule has 5 rings (SSSR count). The third kappa shape index (κ3) is 5.64. The summed E-state index contributed by atoms with van der Waals surface area (Å²) in [6.45, 7) is 10.6. The van der Waals surface area contributed by atoms with Crippen LogP contribution in [0.2, 0.25) is 0 Å². The quantitative estimate of drug-likeness (QED) is 0.186. The number of fused-ring (bicyclic) bond motifs is 1. The maximum Gasteiger partial charge on any atom is 0.412 e. The summed E-state index contributed by atoms with van der Waals surface area (Å²) in [4.78, 5) is 44.7. The molecule has 2 aromatic heterocycles. The van der Waals surface area contributed by atoms with Crippen molar-refractivity contribution in [2.75, 3.05) is 6.54 Å². The van der Waals surface area contributed by atoms with Gasteiger partial charge in [0.1, 0.15) is 22.4 Å². The third-order valence-electron chi connectivity index (χ3n) is 7.89. The zero-order chi connectivity index (χ0) is 31.9. The monoisotopic (exact) mass is 600 g/mol. The van der Waals surface area contributed by atoms with Crippen molar-refractivity contribution < 1.29 is 32.7 Å². The lowest BCUT2D eigenvalue weighted by Crippen LogP contribution is -2.73. The number of nitrogens with zero attached hydrogens (tertiary/aromatic N) is 1. The maximum atomic E-state index is 15.0. The van der Waals surface area contributed by atoms with Crippen LogP contribution in [-0.4, -0.2) is 40.5 Å². The second-order valence-electron chi connectivity index (χ2n) is 13.4. The molecule has 0 saturated carbocycles. The Morgan fingerprint density at radius 3 is 2.25 bits per heavy atom. The van der Waals surface area contributed by atoms with Crippen LogP contribution in [0.4, 0.5) is 4.79 Å². The Morgan fingerprint density at radius 2 is 1.61 bits per heavy atom. The number of esters is 1. The number of amides is 1. The number of carbonyl (C=O) groups excluding carboxylic acids is 3. The van der Waals surface area contributed by atoms with Crippen LogP contribution in [0.5, 0.6) is 0 Å². The average molecular weight is 601 g/mol. The minimum Gasteiger partial charge on any atom is -0.472 e. The Bertz CT molecular complexity index is 1660. The fourth-order valence-corrected chi connectivity index (χ4v) is 6.04.